The first-order chi connectivity index (χ1) is 7.04. The van der Waals surface area contributed by atoms with Crippen LogP contribution in [0.2, 0.25) is 0 Å². The number of hydrogen-bond donors (Lipinski definition) is 0. The first kappa shape index (κ1) is 12.0. The van der Waals surface area contributed by atoms with E-state index in [1.807, 2.05) is 0 Å². The van der Waals surface area contributed by atoms with E-state index >= 15 is 0 Å². The van der Waals surface area contributed by atoms with Crippen LogP contribution >= 0.6 is 0 Å². The molecule has 1 aliphatic rings. The van der Waals surface area contributed by atoms with Crippen LogP contribution in [-0.4, -0.2) is 18.0 Å². The highest BCUT2D eigenvalue weighted by molar-refractivity contribution is 5.22. The molecule has 15 heavy (non-hydrogen) atoms. The van der Waals surface area contributed by atoms with E-state index in [1.165, 1.54) is 12.2 Å². The molecule has 0 amide bonds. The van der Waals surface area contributed by atoms with Crippen molar-refractivity contribution in [1.29, 1.82) is 0 Å². The molecule has 2 heteroatoms. The van der Waals surface area contributed by atoms with Crippen LogP contribution in [0.5, 0.6) is 0 Å². The molecule has 0 bridgehead atoms. The summed E-state index contributed by atoms with van der Waals surface area (Å²) in [6.45, 7) is 12.2. The summed E-state index contributed by atoms with van der Waals surface area (Å²) in [7, 11) is 0. The third kappa shape index (κ3) is 3.22. The van der Waals surface area contributed by atoms with Gasteiger partial charge in [-0.1, -0.05) is 26.5 Å². The highest BCUT2D eigenvalue weighted by Gasteiger charge is 2.28. The molecular formula is C13H20FN. The lowest BCUT2D eigenvalue weighted by atomic mass is 9.88. The van der Waals surface area contributed by atoms with Gasteiger partial charge in [0.15, 0.2) is 0 Å². The van der Waals surface area contributed by atoms with Crippen LogP contribution in [0.25, 0.3) is 0 Å². The highest BCUT2D eigenvalue weighted by atomic mass is 19.1. The predicted molar refractivity (Wildman–Crippen MR) is 63.0 cm³/mol. The molecule has 0 spiro atoms. The van der Waals surface area contributed by atoms with E-state index in [1.54, 1.807) is 13.0 Å². The van der Waals surface area contributed by atoms with Crippen molar-refractivity contribution in [1.82, 2.24) is 4.90 Å². The van der Waals surface area contributed by atoms with Gasteiger partial charge in [0, 0.05) is 18.8 Å². The quantitative estimate of drug-likeness (QED) is 0.640. The SMILES string of the molecule is C=C(/C=C\C(F)=C/C)N1CC(C(C)C)C1. The summed E-state index contributed by atoms with van der Waals surface area (Å²) in [5.74, 6) is 1.28. The summed E-state index contributed by atoms with van der Waals surface area (Å²) in [4.78, 5) is 2.18. The molecule has 0 aromatic carbocycles. The molecule has 0 aliphatic carbocycles. The molecule has 84 valence electrons. The van der Waals surface area contributed by atoms with Crippen molar-refractivity contribution in [3.8, 4) is 0 Å². The monoisotopic (exact) mass is 209 g/mol. The lowest BCUT2D eigenvalue weighted by molar-refractivity contribution is 0.109. The van der Waals surface area contributed by atoms with Gasteiger partial charge in [0.25, 0.3) is 0 Å². The van der Waals surface area contributed by atoms with Crippen LogP contribution in [-0.2, 0) is 0 Å². The van der Waals surface area contributed by atoms with Crippen LogP contribution in [0.1, 0.15) is 20.8 Å². The van der Waals surface area contributed by atoms with E-state index in [-0.39, 0.29) is 5.83 Å². The van der Waals surface area contributed by atoms with E-state index in [9.17, 15) is 4.39 Å². The zero-order valence-electron chi connectivity index (χ0n) is 9.83. The summed E-state index contributed by atoms with van der Waals surface area (Å²) < 4.78 is 12.8. The molecule has 1 rings (SSSR count). The Bertz CT molecular complexity index is 283. The molecule has 0 aromatic heterocycles. The van der Waals surface area contributed by atoms with Crippen molar-refractivity contribution < 1.29 is 4.39 Å². The highest BCUT2D eigenvalue weighted by Crippen LogP contribution is 2.26. The van der Waals surface area contributed by atoms with E-state index in [0.717, 1.165) is 30.6 Å². The second-order valence-corrected chi connectivity index (χ2v) is 4.41. The first-order valence-electron chi connectivity index (χ1n) is 5.48. The summed E-state index contributed by atoms with van der Waals surface area (Å²) in [5, 5.41) is 0. The van der Waals surface area contributed by atoms with Crippen LogP contribution < -0.4 is 0 Å². The minimum atomic E-state index is -0.211. The molecule has 0 radical (unpaired) electrons. The number of nitrogens with zero attached hydrogens (tertiary/aromatic N) is 1. The van der Waals surface area contributed by atoms with Gasteiger partial charge >= 0.3 is 0 Å². The van der Waals surface area contributed by atoms with Crippen LogP contribution in [0.4, 0.5) is 4.39 Å². The van der Waals surface area contributed by atoms with Gasteiger partial charge in [-0.25, -0.2) is 4.39 Å². The molecule has 0 saturated carbocycles. The Morgan fingerprint density at radius 2 is 2.00 bits per heavy atom. The maximum atomic E-state index is 12.8. The second kappa shape index (κ2) is 5.15. The Labute approximate surface area is 92.0 Å². The Kier molecular flexibility index (Phi) is 4.13. The fraction of sp³-hybridized carbons (Fsp3) is 0.538. The van der Waals surface area contributed by atoms with Crippen LogP contribution in [0, 0.1) is 11.8 Å². The van der Waals surface area contributed by atoms with Gasteiger partial charge in [0.05, 0.1) is 0 Å². The largest absolute Gasteiger partial charge is 0.371 e. The summed E-state index contributed by atoms with van der Waals surface area (Å²) in [5.41, 5.74) is 0.906. The van der Waals surface area contributed by atoms with Crippen LogP contribution in [0.15, 0.2) is 36.3 Å². The predicted octanol–water partition coefficient (Wildman–Crippen LogP) is 3.52. The van der Waals surface area contributed by atoms with Crippen molar-refractivity contribution >= 4 is 0 Å². The Morgan fingerprint density at radius 3 is 2.47 bits per heavy atom. The molecule has 1 fully saturated rings. The third-order valence-corrected chi connectivity index (χ3v) is 2.97. The topological polar surface area (TPSA) is 3.24 Å². The molecular weight excluding hydrogens is 189 g/mol. The Hall–Kier alpha value is -1.05. The van der Waals surface area contributed by atoms with Gasteiger partial charge in [-0.3, -0.25) is 0 Å². The van der Waals surface area contributed by atoms with Gasteiger partial charge < -0.3 is 4.90 Å². The Balaban J connectivity index is 2.36. The average Bonchev–Trinajstić information content (AvgIpc) is 2.11. The summed E-state index contributed by atoms with van der Waals surface area (Å²) in [6.07, 6.45) is 4.65. The molecule has 1 nitrogen and oxygen atoms in total. The number of rotatable bonds is 4. The summed E-state index contributed by atoms with van der Waals surface area (Å²) in [6, 6.07) is 0. The van der Waals surface area contributed by atoms with Gasteiger partial charge in [-0.05, 0) is 30.9 Å². The van der Waals surface area contributed by atoms with Crippen molar-refractivity contribution in [2.75, 3.05) is 13.1 Å². The smallest absolute Gasteiger partial charge is 0.119 e. The van der Waals surface area contributed by atoms with E-state index in [0.29, 0.717) is 0 Å². The van der Waals surface area contributed by atoms with Crippen molar-refractivity contribution in [3.05, 3.63) is 36.3 Å². The maximum absolute atomic E-state index is 12.8. The second-order valence-electron chi connectivity index (χ2n) is 4.41. The molecule has 1 saturated heterocycles. The summed E-state index contributed by atoms with van der Waals surface area (Å²) >= 11 is 0. The van der Waals surface area contributed by atoms with E-state index in [4.69, 9.17) is 0 Å². The van der Waals surface area contributed by atoms with Crippen molar-refractivity contribution in [2.24, 2.45) is 11.8 Å². The lowest BCUT2D eigenvalue weighted by Crippen LogP contribution is -2.47. The minimum Gasteiger partial charge on any atom is -0.371 e. The standard InChI is InChI=1S/C13H20FN/c1-5-13(14)7-6-11(4)15-8-12(9-15)10(2)3/h5-7,10,12H,4,8-9H2,1-3H3/b7-6-,13-5+. The zero-order chi connectivity index (χ0) is 11.4. The number of hydrogen-bond acceptors (Lipinski definition) is 1. The van der Waals surface area contributed by atoms with E-state index in [2.05, 4.69) is 25.3 Å². The number of likely N-dealkylation sites (tertiary alicyclic amines) is 1. The maximum Gasteiger partial charge on any atom is 0.119 e. The fourth-order valence-corrected chi connectivity index (χ4v) is 1.55. The average molecular weight is 209 g/mol. The molecule has 0 aromatic rings. The van der Waals surface area contributed by atoms with Gasteiger partial charge in [0.2, 0.25) is 0 Å². The molecule has 0 N–H and O–H groups in total. The molecule has 0 atom stereocenters. The molecule has 1 heterocycles. The Morgan fingerprint density at radius 1 is 1.40 bits per heavy atom. The first-order valence-corrected chi connectivity index (χ1v) is 5.48. The van der Waals surface area contributed by atoms with Crippen LogP contribution in [0.3, 0.4) is 0 Å². The van der Waals surface area contributed by atoms with Gasteiger partial charge in [-0.2, -0.15) is 0 Å². The lowest BCUT2D eigenvalue weighted by Gasteiger charge is -2.43. The molecule has 1 aliphatic heterocycles. The number of allylic oxidation sites excluding steroid dienone is 4. The minimum absolute atomic E-state index is 0.211. The zero-order valence-corrected chi connectivity index (χ0v) is 9.83. The third-order valence-electron chi connectivity index (χ3n) is 2.97. The van der Waals surface area contributed by atoms with Gasteiger partial charge in [0.1, 0.15) is 5.83 Å². The van der Waals surface area contributed by atoms with Crippen molar-refractivity contribution in [3.63, 3.8) is 0 Å². The fourth-order valence-electron chi connectivity index (χ4n) is 1.55. The molecule has 0 unspecified atom stereocenters. The van der Waals surface area contributed by atoms with E-state index < -0.39 is 0 Å². The van der Waals surface area contributed by atoms with Gasteiger partial charge in [-0.15, -0.1) is 0 Å². The normalized spacial score (nSPS) is 18.7. The number of halogens is 1. The van der Waals surface area contributed by atoms with Crippen molar-refractivity contribution in [2.45, 2.75) is 20.8 Å².